The zero-order chi connectivity index (χ0) is 23.4. The van der Waals surface area contributed by atoms with Gasteiger partial charge in [-0.1, -0.05) is 51.1 Å². The maximum absolute atomic E-state index is 12.9. The van der Waals surface area contributed by atoms with Crippen LogP contribution in [-0.4, -0.2) is 50.7 Å². The molecule has 1 aliphatic heterocycles. The molecule has 0 radical (unpaired) electrons. The summed E-state index contributed by atoms with van der Waals surface area (Å²) in [4.78, 5) is 12.7. The number of rotatable bonds is 7. The summed E-state index contributed by atoms with van der Waals surface area (Å²) in [5.41, 5.74) is 3.92. The van der Waals surface area contributed by atoms with E-state index in [1.807, 2.05) is 6.92 Å². The average Bonchev–Trinajstić information content (AvgIpc) is 2.75. The lowest BCUT2D eigenvalue weighted by atomic mass is 9.87. The number of benzene rings is 2. The fraction of sp³-hybridized carbons (Fsp3) is 0.458. The average molecular weight is 477 g/mol. The summed E-state index contributed by atoms with van der Waals surface area (Å²) >= 11 is 1.53. The number of hydrogen-bond donors (Lipinski definition) is 1. The standard InChI is InChI=1S/C24H32N2O4S2/c1-18-5-10-21(32(28,29)26-11-13-30-14-12-26)15-22(18)25-23(27)17-31-16-19-6-8-20(9-7-19)24(2,3)4/h5-10,15H,11-14,16-17H2,1-4H3,(H,25,27). The molecule has 3 rings (SSSR count). The normalized spacial score (nSPS) is 15.5. The molecule has 0 atom stereocenters. The molecule has 8 heteroatoms. The van der Waals surface area contributed by atoms with Crippen molar-refractivity contribution in [2.75, 3.05) is 37.4 Å². The minimum Gasteiger partial charge on any atom is -0.379 e. The molecule has 1 heterocycles. The lowest BCUT2D eigenvalue weighted by Gasteiger charge is -2.26. The zero-order valence-electron chi connectivity index (χ0n) is 19.2. The van der Waals surface area contributed by atoms with Crippen molar-refractivity contribution in [3.05, 3.63) is 59.2 Å². The molecule has 1 saturated heterocycles. The first-order valence-electron chi connectivity index (χ1n) is 10.7. The Balaban J connectivity index is 1.58. The number of nitrogens with one attached hydrogen (secondary N) is 1. The molecule has 174 valence electrons. The zero-order valence-corrected chi connectivity index (χ0v) is 20.8. The first-order chi connectivity index (χ1) is 15.1. The van der Waals surface area contributed by atoms with Crippen molar-refractivity contribution >= 4 is 33.4 Å². The molecule has 0 saturated carbocycles. The maximum Gasteiger partial charge on any atom is 0.243 e. The number of aryl methyl sites for hydroxylation is 1. The number of carbonyl (C=O) groups excluding carboxylic acids is 1. The first kappa shape index (κ1) is 24.8. The van der Waals surface area contributed by atoms with E-state index in [0.717, 1.165) is 11.3 Å². The van der Waals surface area contributed by atoms with Gasteiger partial charge in [-0.25, -0.2) is 8.42 Å². The van der Waals surface area contributed by atoms with E-state index < -0.39 is 10.0 Å². The van der Waals surface area contributed by atoms with Gasteiger partial charge in [-0.3, -0.25) is 4.79 Å². The summed E-state index contributed by atoms with van der Waals surface area (Å²) < 4.78 is 32.5. The molecule has 6 nitrogen and oxygen atoms in total. The van der Waals surface area contributed by atoms with E-state index in [-0.39, 0.29) is 16.2 Å². The van der Waals surface area contributed by atoms with Crippen LogP contribution in [0.5, 0.6) is 0 Å². The van der Waals surface area contributed by atoms with Gasteiger partial charge in [-0.05, 0) is 41.2 Å². The molecule has 0 aromatic heterocycles. The van der Waals surface area contributed by atoms with Gasteiger partial charge in [-0.15, -0.1) is 11.8 Å². The van der Waals surface area contributed by atoms with E-state index in [2.05, 4.69) is 50.4 Å². The van der Waals surface area contributed by atoms with Crippen molar-refractivity contribution in [1.29, 1.82) is 0 Å². The van der Waals surface area contributed by atoms with E-state index in [1.165, 1.54) is 27.2 Å². The Bertz CT molecular complexity index is 1040. The number of anilines is 1. The van der Waals surface area contributed by atoms with Gasteiger partial charge in [0.15, 0.2) is 0 Å². The second kappa shape index (κ2) is 10.4. The molecule has 0 unspecified atom stereocenters. The molecule has 1 amide bonds. The van der Waals surface area contributed by atoms with Gasteiger partial charge in [-0.2, -0.15) is 4.31 Å². The molecule has 2 aromatic rings. The Kier molecular flexibility index (Phi) is 8.03. The Morgan fingerprint density at radius 3 is 2.38 bits per heavy atom. The number of nitrogens with zero attached hydrogens (tertiary/aromatic N) is 1. The Hall–Kier alpha value is -1.87. The van der Waals surface area contributed by atoms with Crippen LogP contribution in [0.15, 0.2) is 47.4 Å². The number of hydrogen-bond acceptors (Lipinski definition) is 5. The summed E-state index contributed by atoms with van der Waals surface area (Å²) in [5.74, 6) is 0.883. The number of morpholine rings is 1. The van der Waals surface area contributed by atoms with Crippen molar-refractivity contribution in [3.63, 3.8) is 0 Å². The van der Waals surface area contributed by atoms with Crippen LogP contribution in [0.4, 0.5) is 5.69 Å². The SMILES string of the molecule is Cc1ccc(S(=O)(=O)N2CCOCC2)cc1NC(=O)CSCc1ccc(C(C)(C)C)cc1. The van der Waals surface area contributed by atoms with Gasteiger partial charge in [0.2, 0.25) is 15.9 Å². The van der Waals surface area contributed by atoms with Gasteiger partial charge in [0, 0.05) is 24.5 Å². The molecule has 2 aromatic carbocycles. The molecule has 1 fully saturated rings. The quantitative estimate of drug-likeness (QED) is 0.649. The molecule has 1 aliphatic rings. The summed E-state index contributed by atoms with van der Waals surface area (Å²) in [6, 6.07) is 13.4. The molecule has 0 bridgehead atoms. The van der Waals surface area contributed by atoms with Crippen molar-refractivity contribution in [3.8, 4) is 0 Å². The van der Waals surface area contributed by atoms with Gasteiger partial charge < -0.3 is 10.1 Å². The fourth-order valence-electron chi connectivity index (χ4n) is 3.38. The third-order valence-electron chi connectivity index (χ3n) is 5.41. The van der Waals surface area contributed by atoms with E-state index in [9.17, 15) is 13.2 Å². The summed E-state index contributed by atoms with van der Waals surface area (Å²) in [5, 5.41) is 2.87. The van der Waals surface area contributed by atoms with E-state index in [4.69, 9.17) is 4.74 Å². The van der Waals surface area contributed by atoms with Gasteiger partial charge in [0.25, 0.3) is 0 Å². The minimum absolute atomic E-state index is 0.118. The van der Waals surface area contributed by atoms with Crippen LogP contribution in [0.2, 0.25) is 0 Å². The highest BCUT2D eigenvalue weighted by Gasteiger charge is 2.27. The number of carbonyl (C=O) groups is 1. The Labute approximate surface area is 195 Å². The van der Waals surface area contributed by atoms with Crippen LogP contribution < -0.4 is 5.32 Å². The number of ether oxygens (including phenoxy) is 1. The fourth-order valence-corrected chi connectivity index (χ4v) is 5.60. The third kappa shape index (κ3) is 6.34. The van der Waals surface area contributed by atoms with Crippen molar-refractivity contribution in [2.45, 2.75) is 43.8 Å². The number of sulfonamides is 1. The van der Waals surface area contributed by atoms with E-state index >= 15 is 0 Å². The minimum atomic E-state index is -3.61. The summed E-state index contributed by atoms with van der Waals surface area (Å²) in [6.07, 6.45) is 0. The van der Waals surface area contributed by atoms with E-state index in [1.54, 1.807) is 18.2 Å². The van der Waals surface area contributed by atoms with Crippen LogP contribution in [0.1, 0.15) is 37.5 Å². The maximum atomic E-state index is 12.9. The number of amides is 1. The topological polar surface area (TPSA) is 75.7 Å². The van der Waals surface area contributed by atoms with Gasteiger partial charge in [0.05, 0.1) is 23.9 Å². The monoisotopic (exact) mass is 476 g/mol. The number of thioether (sulfide) groups is 1. The molecule has 32 heavy (non-hydrogen) atoms. The van der Waals surface area contributed by atoms with Crippen molar-refractivity contribution < 1.29 is 17.9 Å². The summed E-state index contributed by atoms with van der Waals surface area (Å²) in [6.45, 7) is 9.87. The van der Waals surface area contributed by atoms with Crippen molar-refractivity contribution in [2.24, 2.45) is 0 Å². The third-order valence-corrected chi connectivity index (χ3v) is 8.31. The Morgan fingerprint density at radius 1 is 1.09 bits per heavy atom. The van der Waals surface area contributed by atoms with Crippen LogP contribution in [0, 0.1) is 6.92 Å². The molecule has 0 spiro atoms. The molecule has 0 aliphatic carbocycles. The predicted molar refractivity (Wildman–Crippen MR) is 131 cm³/mol. The van der Waals surface area contributed by atoms with Crippen LogP contribution in [-0.2, 0) is 30.7 Å². The lowest BCUT2D eigenvalue weighted by molar-refractivity contribution is -0.113. The lowest BCUT2D eigenvalue weighted by Crippen LogP contribution is -2.40. The first-order valence-corrected chi connectivity index (χ1v) is 13.3. The van der Waals surface area contributed by atoms with Crippen LogP contribution in [0.25, 0.3) is 0 Å². The smallest absolute Gasteiger partial charge is 0.243 e. The summed E-state index contributed by atoms with van der Waals surface area (Å²) in [7, 11) is -3.61. The Morgan fingerprint density at radius 2 is 1.75 bits per heavy atom. The molecular weight excluding hydrogens is 444 g/mol. The highest BCUT2D eigenvalue weighted by molar-refractivity contribution is 7.99. The van der Waals surface area contributed by atoms with E-state index in [0.29, 0.717) is 37.7 Å². The molecular formula is C24H32N2O4S2. The second-order valence-corrected chi connectivity index (χ2v) is 11.9. The van der Waals surface area contributed by atoms with Crippen LogP contribution >= 0.6 is 11.8 Å². The highest BCUT2D eigenvalue weighted by Crippen LogP contribution is 2.25. The molecule has 1 N–H and O–H groups in total. The van der Waals surface area contributed by atoms with Gasteiger partial charge >= 0.3 is 0 Å². The largest absolute Gasteiger partial charge is 0.379 e. The highest BCUT2D eigenvalue weighted by atomic mass is 32.2. The van der Waals surface area contributed by atoms with Crippen molar-refractivity contribution in [1.82, 2.24) is 4.31 Å². The second-order valence-electron chi connectivity index (χ2n) is 8.98. The predicted octanol–water partition coefficient (Wildman–Crippen LogP) is 4.19. The van der Waals surface area contributed by atoms with Crippen LogP contribution in [0.3, 0.4) is 0 Å². The van der Waals surface area contributed by atoms with Gasteiger partial charge in [0.1, 0.15) is 0 Å².